The standard InChI is InChI=1S/C42H44ClN7O5/c1-44-36-14-12-31(19-34(36)43)48(2)30-10-8-29(9-11-30)46-39(52)26-7-13-35(45-20-26)25-5-3-24(4-6-25)21-49-22-27-17-32-33(18-28(27)23-49)42(55)50(41(32)54)37-15-16-38(51)47-40(37)53/h7,12-14,17-20,24-25,29-30,37H,3-6,8-11,15-16,21-23H2,2H3,(H,46,52)(H,47,51,53). The van der Waals surface area contributed by atoms with E-state index in [-0.39, 0.29) is 30.7 Å². The van der Waals surface area contributed by atoms with E-state index in [9.17, 15) is 24.0 Å². The summed E-state index contributed by atoms with van der Waals surface area (Å²) in [6, 6.07) is 12.6. The normalized spacial score (nSPS) is 25.3. The van der Waals surface area contributed by atoms with Crippen molar-refractivity contribution < 1.29 is 24.0 Å². The first kappa shape index (κ1) is 36.8. The van der Waals surface area contributed by atoms with E-state index in [2.05, 4.69) is 32.3 Å². The molecule has 8 rings (SSSR count). The van der Waals surface area contributed by atoms with Gasteiger partial charge in [0.2, 0.25) is 17.5 Å². The molecule has 1 aromatic heterocycles. The lowest BCUT2D eigenvalue weighted by molar-refractivity contribution is -0.136. The number of aromatic nitrogens is 1. The van der Waals surface area contributed by atoms with Crippen molar-refractivity contribution in [2.45, 2.75) is 101 Å². The number of imide groups is 2. The Morgan fingerprint density at radius 3 is 2.22 bits per heavy atom. The van der Waals surface area contributed by atoms with Gasteiger partial charge in [0.15, 0.2) is 0 Å². The summed E-state index contributed by atoms with van der Waals surface area (Å²) < 4.78 is 0. The summed E-state index contributed by atoms with van der Waals surface area (Å²) in [5, 5.41) is 5.94. The highest BCUT2D eigenvalue weighted by Crippen LogP contribution is 2.38. The first-order valence-corrected chi connectivity index (χ1v) is 19.7. The third-order valence-corrected chi connectivity index (χ3v) is 12.7. The third-order valence-electron chi connectivity index (χ3n) is 12.4. The number of pyridine rings is 1. The molecule has 1 atom stereocenters. The number of nitrogens with one attached hydrogen (secondary N) is 2. The molecule has 5 amide bonds. The Bertz CT molecular complexity index is 2050. The molecule has 4 heterocycles. The molecule has 2 N–H and O–H groups in total. The Morgan fingerprint density at radius 2 is 1.62 bits per heavy atom. The van der Waals surface area contributed by atoms with Crippen LogP contribution in [0.5, 0.6) is 0 Å². The number of rotatable bonds is 8. The lowest BCUT2D eigenvalue weighted by Crippen LogP contribution is -2.54. The van der Waals surface area contributed by atoms with Crippen molar-refractivity contribution in [3.63, 3.8) is 0 Å². The van der Waals surface area contributed by atoms with Crippen molar-refractivity contribution >= 4 is 52.5 Å². The van der Waals surface area contributed by atoms with Crippen molar-refractivity contribution in [2.24, 2.45) is 5.92 Å². The van der Waals surface area contributed by atoms with Gasteiger partial charge in [-0.1, -0.05) is 17.7 Å². The summed E-state index contributed by atoms with van der Waals surface area (Å²) in [7, 11) is 2.06. The summed E-state index contributed by atoms with van der Waals surface area (Å²) >= 11 is 6.27. The average molecular weight is 762 g/mol. The van der Waals surface area contributed by atoms with Gasteiger partial charge in [-0.05, 0) is 111 Å². The van der Waals surface area contributed by atoms with Crippen LogP contribution in [-0.2, 0) is 22.7 Å². The molecule has 1 unspecified atom stereocenters. The fourth-order valence-electron chi connectivity index (χ4n) is 9.25. The van der Waals surface area contributed by atoms with Gasteiger partial charge < -0.3 is 10.2 Å². The van der Waals surface area contributed by atoms with Gasteiger partial charge in [-0.25, -0.2) is 4.85 Å². The molecular weight excluding hydrogens is 718 g/mol. The summed E-state index contributed by atoms with van der Waals surface area (Å²) in [5.41, 5.74) is 5.82. The Morgan fingerprint density at radius 1 is 0.927 bits per heavy atom. The summed E-state index contributed by atoms with van der Waals surface area (Å²) in [6.45, 7) is 9.58. The molecule has 3 aromatic rings. The second-order valence-electron chi connectivity index (χ2n) is 15.8. The highest BCUT2D eigenvalue weighted by molar-refractivity contribution is 6.33. The van der Waals surface area contributed by atoms with Gasteiger partial charge in [-0.15, -0.1) is 0 Å². The van der Waals surface area contributed by atoms with Crippen LogP contribution in [-0.4, -0.2) is 76.0 Å². The molecule has 0 spiro atoms. The Balaban J connectivity index is 0.784. The predicted octanol–water partition coefficient (Wildman–Crippen LogP) is 6.15. The number of hydrogen-bond acceptors (Lipinski definition) is 8. The molecule has 0 bridgehead atoms. The number of hydrogen-bond donors (Lipinski definition) is 2. The van der Waals surface area contributed by atoms with Crippen LogP contribution in [0.25, 0.3) is 4.85 Å². The minimum atomic E-state index is -0.960. The van der Waals surface area contributed by atoms with E-state index in [1.54, 1.807) is 12.3 Å². The number of carbonyl (C=O) groups excluding carboxylic acids is 5. The van der Waals surface area contributed by atoms with Crippen molar-refractivity contribution in [3.05, 3.63) is 98.6 Å². The zero-order valence-electron chi connectivity index (χ0n) is 30.9. The fraction of sp³-hybridized carbons (Fsp3) is 0.452. The molecule has 284 valence electrons. The second kappa shape index (κ2) is 15.2. The van der Waals surface area contributed by atoms with Crippen molar-refractivity contribution in [3.8, 4) is 0 Å². The molecule has 3 aliphatic heterocycles. The molecule has 12 nitrogen and oxygen atoms in total. The van der Waals surface area contributed by atoms with E-state index in [4.69, 9.17) is 23.2 Å². The van der Waals surface area contributed by atoms with Crippen LogP contribution >= 0.6 is 11.6 Å². The van der Waals surface area contributed by atoms with Crippen molar-refractivity contribution in [2.75, 3.05) is 18.5 Å². The van der Waals surface area contributed by atoms with Gasteiger partial charge >= 0.3 is 0 Å². The molecule has 2 aliphatic carbocycles. The summed E-state index contributed by atoms with van der Waals surface area (Å²) in [5.74, 6) is -1.11. The highest BCUT2D eigenvalue weighted by Gasteiger charge is 2.45. The number of nitrogens with zero attached hydrogens (tertiary/aromatic N) is 5. The van der Waals surface area contributed by atoms with Crippen LogP contribution in [0, 0.1) is 12.5 Å². The number of piperidine rings is 1. The lowest BCUT2D eigenvalue weighted by Gasteiger charge is -2.36. The topological polar surface area (TPSA) is 136 Å². The maximum Gasteiger partial charge on any atom is 0.262 e. The van der Waals surface area contributed by atoms with E-state index in [0.29, 0.717) is 58.4 Å². The largest absolute Gasteiger partial charge is 0.372 e. The Labute approximate surface area is 325 Å². The van der Waals surface area contributed by atoms with Gasteiger partial charge in [0.05, 0.1) is 23.3 Å². The van der Waals surface area contributed by atoms with Gasteiger partial charge in [0.1, 0.15) is 6.04 Å². The van der Waals surface area contributed by atoms with E-state index >= 15 is 0 Å². The minimum absolute atomic E-state index is 0.0849. The van der Waals surface area contributed by atoms with Gasteiger partial charge in [-0.2, -0.15) is 0 Å². The zero-order valence-corrected chi connectivity index (χ0v) is 31.6. The Hall–Kier alpha value is -5.12. The van der Waals surface area contributed by atoms with Gasteiger partial charge in [0, 0.05) is 73.7 Å². The predicted molar refractivity (Wildman–Crippen MR) is 206 cm³/mol. The average Bonchev–Trinajstić information content (AvgIpc) is 3.69. The van der Waals surface area contributed by atoms with E-state index in [1.165, 1.54) is 0 Å². The number of fused-ring (bicyclic) bond motifs is 2. The SMILES string of the molecule is [C-]#[N+]c1ccc(N(C)C2CCC(NC(=O)c3ccc(C4CCC(CN5Cc6cc7c(cc6C5)C(=O)N(C5CCC(=O)NC5=O)C7=O)CC4)nc3)CC2)cc1Cl. The molecule has 5 aliphatic rings. The van der Waals surface area contributed by atoms with Crippen LogP contribution in [0.3, 0.4) is 0 Å². The minimum Gasteiger partial charge on any atom is -0.372 e. The molecule has 2 aromatic carbocycles. The molecule has 3 fully saturated rings. The highest BCUT2D eigenvalue weighted by atomic mass is 35.5. The molecule has 2 saturated carbocycles. The van der Waals surface area contributed by atoms with Crippen molar-refractivity contribution in [1.29, 1.82) is 0 Å². The fourth-order valence-corrected chi connectivity index (χ4v) is 9.46. The molecular formula is C42H44ClN7O5. The van der Waals surface area contributed by atoms with Crippen LogP contribution in [0.1, 0.15) is 118 Å². The van der Waals surface area contributed by atoms with Gasteiger partial charge in [0.25, 0.3) is 17.7 Å². The lowest BCUT2D eigenvalue weighted by atomic mass is 9.80. The number of carbonyl (C=O) groups is 5. The zero-order chi connectivity index (χ0) is 38.4. The van der Waals surface area contributed by atoms with E-state index < -0.39 is 23.8 Å². The van der Waals surface area contributed by atoms with Crippen LogP contribution < -0.4 is 15.5 Å². The molecule has 1 saturated heterocycles. The maximum absolute atomic E-state index is 13.3. The molecule has 13 heteroatoms. The number of amides is 5. The van der Waals surface area contributed by atoms with Crippen molar-refractivity contribution in [1.82, 2.24) is 25.4 Å². The summed E-state index contributed by atoms with van der Waals surface area (Å²) in [4.78, 5) is 77.6. The quantitative estimate of drug-likeness (QED) is 0.206. The number of benzene rings is 2. The van der Waals surface area contributed by atoms with Crippen LogP contribution in [0.2, 0.25) is 5.02 Å². The monoisotopic (exact) mass is 761 g/mol. The van der Waals surface area contributed by atoms with Crippen LogP contribution in [0.15, 0.2) is 48.7 Å². The van der Waals surface area contributed by atoms with Gasteiger partial charge in [-0.3, -0.25) is 44.1 Å². The molecule has 0 radical (unpaired) electrons. The summed E-state index contributed by atoms with van der Waals surface area (Å²) in [6.07, 6.45) is 9.85. The first-order valence-electron chi connectivity index (χ1n) is 19.3. The van der Waals surface area contributed by atoms with Crippen LogP contribution in [0.4, 0.5) is 11.4 Å². The second-order valence-corrected chi connectivity index (χ2v) is 16.2. The first-order chi connectivity index (χ1) is 26.6. The molecule has 55 heavy (non-hydrogen) atoms. The van der Waals surface area contributed by atoms with E-state index in [0.717, 1.165) is 85.3 Å². The Kier molecular flexibility index (Phi) is 10.2. The number of anilines is 1. The smallest absolute Gasteiger partial charge is 0.262 e. The number of halogens is 1. The third kappa shape index (κ3) is 7.35. The maximum atomic E-state index is 13.3. The van der Waals surface area contributed by atoms with E-state index in [1.807, 2.05) is 36.4 Å².